The van der Waals surface area contributed by atoms with Crippen molar-refractivity contribution in [3.05, 3.63) is 169 Å². The number of carbonyl (C=O) groups excluding carboxylic acids is 4. The number of benzene rings is 4. The fourth-order valence-corrected chi connectivity index (χ4v) is 13.7. The number of hydrogen-bond donors (Lipinski definition) is 0. The van der Waals surface area contributed by atoms with Crippen LogP contribution in [0.1, 0.15) is 61.2 Å². The molecule has 1 amide bonds. The predicted molar refractivity (Wildman–Crippen MR) is 251 cm³/mol. The Morgan fingerprint density at radius 2 is 1.39 bits per heavy atom. The number of Topliss-reactive ketones (excluding diaryl/α,β-unsaturated/α-hetero) is 1. The van der Waals surface area contributed by atoms with E-state index < -0.39 is 39.2 Å². The summed E-state index contributed by atoms with van der Waals surface area (Å²) in [6.07, 6.45) is 4.18. The van der Waals surface area contributed by atoms with Gasteiger partial charge in [0.2, 0.25) is 5.91 Å². The maximum atomic E-state index is 15.2. The molecule has 1 aliphatic rings. The summed E-state index contributed by atoms with van der Waals surface area (Å²) in [6.45, 7) is 15.1. The third kappa shape index (κ3) is 9.68. The Morgan fingerprint density at radius 1 is 0.839 bits per heavy atom. The number of amides is 1. The maximum Gasteiger partial charge on any atom is 0.356 e. The summed E-state index contributed by atoms with van der Waals surface area (Å²) in [4.78, 5) is 63.4. The molecule has 0 saturated carbocycles. The van der Waals surface area contributed by atoms with Gasteiger partial charge in [-0.25, -0.2) is 4.79 Å². The SMILES string of the molecule is C=CCOC(=O)C(N1C(=O)[C@H]([C@@H](C)O[Si](C)(C)C(C)(C)C)[C@H]1CC(=O)c1ccc(CC(=O)OCc2ccncc2)c(C)c1)=P(c1ccccc1)(c1ccccc1)c1ccccc1. The number of likely N-dealkylation sites (tertiary alicyclic amines) is 1. The first-order chi connectivity index (χ1) is 29.6. The van der Waals surface area contributed by atoms with E-state index in [2.05, 4.69) is 45.4 Å². The van der Waals surface area contributed by atoms with Gasteiger partial charge in [-0.1, -0.05) is 137 Å². The predicted octanol–water partition coefficient (Wildman–Crippen LogP) is 8.34. The van der Waals surface area contributed by atoms with Crippen LogP contribution >= 0.6 is 6.89 Å². The molecule has 0 bridgehead atoms. The van der Waals surface area contributed by atoms with Gasteiger partial charge in [0.1, 0.15) is 18.6 Å². The van der Waals surface area contributed by atoms with E-state index in [9.17, 15) is 9.59 Å². The highest BCUT2D eigenvalue weighted by molar-refractivity contribution is 7.96. The standard InChI is InChI=1S/C51H57N2O7PSi/c1-9-31-58-50(57)49(61(41-19-13-10-14-20-41,42-21-15-11-16-22-42)43-23-17-12-18-24-43)53-44(47(48(53)56)37(3)60-62(7,8)51(4,5)6)34-45(54)40-26-25-39(36(2)32-40)33-46(55)59-35-38-27-29-52-30-28-38/h9-30,32,37,44,47H,1,31,33-35H2,2-8H3/t37-,44-,47-/m1/s1. The average molecular weight is 869 g/mol. The molecule has 0 aliphatic carbocycles. The van der Waals surface area contributed by atoms with Gasteiger partial charge in [-0.3, -0.25) is 19.4 Å². The van der Waals surface area contributed by atoms with Crippen molar-refractivity contribution < 1.29 is 33.1 Å². The van der Waals surface area contributed by atoms with E-state index in [-0.39, 0.29) is 54.2 Å². The summed E-state index contributed by atoms with van der Waals surface area (Å²) in [5, 5.41) is 2.39. The molecule has 322 valence electrons. The van der Waals surface area contributed by atoms with Gasteiger partial charge in [0.05, 0.1) is 24.5 Å². The molecule has 1 aliphatic heterocycles. The van der Waals surface area contributed by atoms with Crippen molar-refractivity contribution in [2.75, 3.05) is 6.61 Å². The van der Waals surface area contributed by atoms with Gasteiger partial charge in [-0.2, -0.15) is 0 Å². The lowest BCUT2D eigenvalue weighted by molar-refractivity contribution is -0.156. The molecule has 0 N–H and O–H groups in total. The van der Waals surface area contributed by atoms with E-state index in [0.717, 1.165) is 32.6 Å². The van der Waals surface area contributed by atoms with Crippen LogP contribution in [0.15, 0.2) is 146 Å². The number of esters is 2. The van der Waals surface area contributed by atoms with Crippen molar-refractivity contribution in [1.29, 1.82) is 0 Å². The summed E-state index contributed by atoms with van der Waals surface area (Å²) in [6, 6.07) is 37.5. The van der Waals surface area contributed by atoms with Gasteiger partial charge in [-0.15, -0.1) is 0 Å². The number of ketones is 1. The molecule has 1 aromatic heterocycles. The third-order valence-electron chi connectivity index (χ3n) is 12.1. The van der Waals surface area contributed by atoms with Crippen LogP contribution in [0, 0.1) is 12.8 Å². The Morgan fingerprint density at radius 3 is 1.89 bits per heavy atom. The molecular formula is C51H57N2O7PSi. The van der Waals surface area contributed by atoms with Crippen molar-refractivity contribution in [1.82, 2.24) is 9.88 Å². The van der Waals surface area contributed by atoms with Crippen LogP contribution in [-0.2, 0) is 41.3 Å². The Balaban J connectivity index is 1.49. The molecule has 4 aromatic carbocycles. The number of pyridine rings is 1. The molecule has 3 atom stereocenters. The Bertz CT molecular complexity index is 2350. The zero-order valence-corrected chi connectivity index (χ0v) is 38.6. The number of aromatic nitrogens is 1. The lowest BCUT2D eigenvalue weighted by Crippen LogP contribution is -2.69. The van der Waals surface area contributed by atoms with Crippen molar-refractivity contribution in [2.45, 2.75) is 84.3 Å². The average Bonchev–Trinajstić information content (AvgIpc) is 3.26. The highest BCUT2D eigenvalue weighted by Crippen LogP contribution is 2.51. The minimum atomic E-state index is -3.23. The Hall–Kier alpha value is -5.67. The van der Waals surface area contributed by atoms with Gasteiger partial charge in [-0.05, 0) is 82.8 Å². The summed E-state index contributed by atoms with van der Waals surface area (Å²) < 4.78 is 18.4. The molecule has 62 heavy (non-hydrogen) atoms. The molecule has 0 radical (unpaired) electrons. The van der Waals surface area contributed by atoms with Gasteiger partial charge >= 0.3 is 11.9 Å². The molecule has 2 heterocycles. The van der Waals surface area contributed by atoms with E-state index in [0.29, 0.717) is 5.56 Å². The van der Waals surface area contributed by atoms with E-state index in [1.807, 2.05) is 105 Å². The fraction of sp³-hybridized carbons (Fsp3) is 0.294. The first-order valence-electron chi connectivity index (χ1n) is 21.0. The summed E-state index contributed by atoms with van der Waals surface area (Å²) in [5.41, 5.74) is 2.95. The molecule has 11 heteroatoms. The number of β-lactam (4-membered cyclic amide) rings is 1. The number of rotatable bonds is 17. The minimum Gasteiger partial charge on any atom is -0.461 e. The van der Waals surface area contributed by atoms with Crippen LogP contribution in [-0.4, -0.2) is 66.0 Å². The van der Waals surface area contributed by atoms with Crippen molar-refractivity contribution in [3.8, 4) is 0 Å². The van der Waals surface area contributed by atoms with Crippen molar-refractivity contribution in [2.24, 2.45) is 5.92 Å². The van der Waals surface area contributed by atoms with E-state index in [1.165, 1.54) is 6.08 Å². The first kappa shape index (κ1) is 45.8. The monoisotopic (exact) mass is 868 g/mol. The quantitative estimate of drug-likeness (QED) is 0.0229. The van der Waals surface area contributed by atoms with Gasteiger partial charge in [0, 0.05) is 31.3 Å². The molecule has 0 spiro atoms. The van der Waals surface area contributed by atoms with E-state index in [4.69, 9.17) is 13.9 Å². The number of carbonyl (C=O) groups is 4. The second-order valence-corrected chi connectivity index (χ2v) is 25.3. The van der Waals surface area contributed by atoms with Crippen LogP contribution in [0.4, 0.5) is 0 Å². The lowest BCUT2D eigenvalue weighted by atomic mass is 9.79. The molecule has 6 rings (SSSR count). The van der Waals surface area contributed by atoms with Crippen LogP contribution in [0.3, 0.4) is 0 Å². The number of ether oxygens (including phenoxy) is 2. The summed E-state index contributed by atoms with van der Waals surface area (Å²) >= 11 is 0. The smallest absolute Gasteiger partial charge is 0.356 e. The molecule has 9 nitrogen and oxygen atoms in total. The molecular weight excluding hydrogens is 812 g/mol. The second kappa shape index (κ2) is 19.6. The first-order valence-corrected chi connectivity index (χ1v) is 25.7. The number of hydrogen-bond acceptors (Lipinski definition) is 8. The zero-order valence-electron chi connectivity index (χ0n) is 36.7. The molecule has 1 fully saturated rings. The minimum absolute atomic E-state index is 0.0378. The van der Waals surface area contributed by atoms with Crippen molar-refractivity contribution in [3.63, 3.8) is 0 Å². The second-order valence-electron chi connectivity index (χ2n) is 17.2. The Labute approximate surface area is 367 Å². The largest absolute Gasteiger partial charge is 0.461 e. The summed E-state index contributed by atoms with van der Waals surface area (Å²) in [7, 11) is -2.41. The zero-order chi connectivity index (χ0) is 44.7. The normalized spacial score (nSPS) is 15.9. The van der Waals surface area contributed by atoms with Crippen LogP contribution in [0.5, 0.6) is 0 Å². The maximum absolute atomic E-state index is 15.2. The Kier molecular flexibility index (Phi) is 14.5. The van der Waals surface area contributed by atoms with Crippen LogP contribution in [0.2, 0.25) is 18.1 Å². The highest BCUT2D eigenvalue weighted by Gasteiger charge is 2.57. The van der Waals surface area contributed by atoms with Crippen molar-refractivity contribution >= 4 is 60.2 Å². The summed E-state index contributed by atoms with van der Waals surface area (Å²) in [5.74, 6) is -2.31. The highest BCUT2D eigenvalue weighted by atomic mass is 31.2. The fourth-order valence-electron chi connectivity index (χ4n) is 7.86. The number of nitrogens with zero attached hydrogens (tertiary/aromatic N) is 2. The van der Waals surface area contributed by atoms with Gasteiger partial charge < -0.3 is 18.8 Å². The van der Waals surface area contributed by atoms with Crippen LogP contribution in [0.25, 0.3) is 0 Å². The number of aryl methyl sites for hydroxylation is 1. The topological polar surface area (TPSA) is 112 Å². The van der Waals surface area contributed by atoms with Gasteiger partial charge in [0.15, 0.2) is 14.1 Å². The van der Waals surface area contributed by atoms with Crippen LogP contribution < -0.4 is 15.9 Å². The molecule has 1 saturated heterocycles. The molecule has 5 aromatic rings. The van der Waals surface area contributed by atoms with E-state index >= 15 is 9.59 Å². The third-order valence-corrected chi connectivity index (χ3v) is 20.9. The lowest BCUT2D eigenvalue weighted by Gasteiger charge is -2.53. The molecule has 0 unspecified atom stereocenters. The van der Waals surface area contributed by atoms with Gasteiger partial charge in [0.25, 0.3) is 0 Å². The van der Waals surface area contributed by atoms with E-state index in [1.54, 1.807) is 47.6 Å².